The zero-order chi connectivity index (χ0) is 19.5. The minimum absolute atomic E-state index is 0.0572. The summed E-state index contributed by atoms with van der Waals surface area (Å²) < 4.78 is 5.77. The highest BCUT2D eigenvalue weighted by atomic mass is 16.5. The summed E-state index contributed by atoms with van der Waals surface area (Å²) in [6.45, 7) is 9.76. The lowest BCUT2D eigenvalue weighted by molar-refractivity contribution is -0.139. The zero-order valence-electron chi connectivity index (χ0n) is 17.5. The number of nitrogens with one attached hydrogen (secondary N) is 1. The molecule has 1 aromatic carbocycles. The molecule has 1 saturated heterocycles. The summed E-state index contributed by atoms with van der Waals surface area (Å²) >= 11 is 0. The van der Waals surface area contributed by atoms with E-state index in [1.54, 1.807) is 0 Å². The van der Waals surface area contributed by atoms with Crippen molar-refractivity contribution in [3.05, 3.63) is 35.9 Å². The van der Waals surface area contributed by atoms with Crippen molar-refractivity contribution in [3.8, 4) is 0 Å². The molecule has 1 aliphatic rings. The Kier molecular flexibility index (Phi) is 9.85. The molecule has 1 fully saturated rings. The normalized spacial score (nSPS) is 19.2. The predicted octanol–water partition coefficient (Wildman–Crippen LogP) is 4.39. The van der Waals surface area contributed by atoms with Crippen molar-refractivity contribution in [3.63, 3.8) is 0 Å². The second kappa shape index (κ2) is 12.1. The fraction of sp³-hybridized carbons (Fsp3) is 0.696. The highest BCUT2D eigenvalue weighted by Crippen LogP contribution is 2.14. The molecule has 0 radical (unpaired) electrons. The Balaban J connectivity index is 1.72. The van der Waals surface area contributed by atoms with Gasteiger partial charge in [0, 0.05) is 25.7 Å². The van der Waals surface area contributed by atoms with Gasteiger partial charge in [-0.1, -0.05) is 76.8 Å². The molecule has 0 saturated carbocycles. The van der Waals surface area contributed by atoms with Crippen LogP contribution in [0.3, 0.4) is 0 Å². The Labute approximate surface area is 165 Å². The van der Waals surface area contributed by atoms with E-state index in [2.05, 4.69) is 55.3 Å². The molecule has 0 spiro atoms. The standard InChI is InChI=1S/C23H38N2O2/c1-4-21(14-10-5-7-11-19(2)3)24-23(26)22-18-25(15-16-27-22)17-20-12-8-6-9-13-20/h6,8-9,12-13,19,21-22H,4-5,7,10-11,14-18H2,1-3H3,(H,24,26). The van der Waals surface area contributed by atoms with Gasteiger partial charge in [-0.2, -0.15) is 0 Å². The van der Waals surface area contributed by atoms with E-state index in [4.69, 9.17) is 4.74 Å². The average molecular weight is 375 g/mol. The molecule has 1 aliphatic heterocycles. The summed E-state index contributed by atoms with van der Waals surface area (Å²) in [5.41, 5.74) is 1.28. The van der Waals surface area contributed by atoms with Crippen molar-refractivity contribution in [2.24, 2.45) is 5.92 Å². The van der Waals surface area contributed by atoms with Crippen molar-refractivity contribution in [1.82, 2.24) is 10.2 Å². The van der Waals surface area contributed by atoms with Crippen LogP contribution in [0.5, 0.6) is 0 Å². The van der Waals surface area contributed by atoms with E-state index in [1.165, 1.54) is 31.2 Å². The monoisotopic (exact) mass is 374 g/mol. The van der Waals surface area contributed by atoms with E-state index in [0.29, 0.717) is 13.2 Å². The van der Waals surface area contributed by atoms with Gasteiger partial charge in [0.05, 0.1) is 6.61 Å². The first kappa shape index (κ1) is 21.9. The summed E-state index contributed by atoms with van der Waals surface area (Å²) in [7, 11) is 0. The van der Waals surface area contributed by atoms with Crippen LogP contribution in [0.2, 0.25) is 0 Å². The summed E-state index contributed by atoms with van der Waals surface area (Å²) in [6.07, 6.45) is 6.75. The number of nitrogens with zero attached hydrogens (tertiary/aromatic N) is 1. The molecule has 4 nitrogen and oxygen atoms in total. The molecule has 2 atom stereocenters. The first-order valence-corrected chi connectivity index (χ1v) is 10.8. The minimum Gasteiger partial charge on any atom is -0.366 e. The van der Waals surface area contributed by atoms with Gasteiger partial charge in [-0.05, 0) is 24.3 Å². The Morgan fingerprint density at radius 3 is 2.63 bits per heavy atom. The number of carbonyl (C=O) groups is 1. The molecule has 1 aromatic rings. The number of hydrogen-bond acceptors (Lipinski definition) is 3. The molecule has 152 valence electrons. The third kappa shape index (κ3) is 8.44. The molecule has 27 heavy (non-hydrogen) atoms. The third-order valence-corrected chi connectivity index (χ3v) is 5.37. The van der Waals surface area contributed by atoms with Crippen LogP contribution in [0.15, 0.2) is 30.3 Å². The number of hydrogen-bond donors (Lipinski definition) is 1. The maximum absolute atomic E-state index is 12.7. The number of carbonyl (C=O) groups excluding carboxylic acids is 1. The second-order valence-corrected chi connectivity index (χ2v) is 8.23. The SMILES string of the molecule is CCC(CCCCCC(C)C)NC(=O)C1CN(Cc2ccccc2)CCO1. The van der Waals surface area contributed by atoms with Crippen LogP contribution >= 0.6 is 0 Å². The number of unbranched alkanes of at least 4 members (excludes halogenated alkanes) is 2. The van der Waals surface area contributed by atoms with Crippen LogP contribution in [-0.2, 0) is 16.1 Å². The lowest BCUT2D eigenvalue weighted by Crippen LogP contribution is -2.51. The van der Waals surface area contributed by atoms with Crippen LogP contribution in [0.25, 0.3) is 0 Å². The topological polar surface area (TPSA) is 41.6 Å². The van der Waals surface area contributed by atoms with Gasteiger partial charge in [0.25, 0.3) is 5.91 Å². The molecule has 1 heterocycles. The van der Waals surface area contributed by atoms with Gasteiger partial charge in [0.2, 0.25) is 0 Å². The number of benzene rings is 1. The zero-order valence-corrected chi connectivity index (χ0v) is 17.5. The fourth-order valence-electron chi connectivity index (χ4n) is 3.64. The van der Waals surface area contributed by atoms with Gasteiger partial charge in [-0.15, -0.1) is 0 Å². The van der Waals surface area contributed by atoms with Crippen molar-refractivity contribution in [2.75, 3.05) is 19.7 Å². The second-order valence-electron chi connectivity index (χ2n) is 8.23. The van der Waals surface area contributed by atoms with Gasteiger partial charge in [0.15, 0.2) is 0 Å². The van der Waals surface area contributed by atoms with Gasteiger partial charge < -0.3 is 10.1 Å². The van der Waals surface area contributed by atoms with Crippen LogP contribution in [0.1, 0.15) is 64.9 Å². The van der Waals surface area contributed by atoms with Crippen molar-refractivity contribution < 1.29 is 9.53 Å². The summed E-state index contributed by atoms with van der Waals surface area (Å²) in [6, 6.07) is 10.7. The van der Waals surface area contributed by atoms with Gasteiger partial charge >= 0.3 is 0 Å². The summed E-state index contributed by atoms with van der Waals surface area (Å²) in [5, 5.41) is 3.23. The maximum Gasteiger partial charge on any atom is 0.250 e. The number of amides is 1. The molecule has 0 bridgehead atoms. The Morgan fingerprint density at radius 2 is 1.93 bits per heavy atom. The molecule has 1 amide bonds. The van der Waals surface area contributed by atoms with Crippen LogP contribution in [-0.4, -0.2) is 42.6 Å². The van der Waals surface area contributed by atoms with Crippen molar-refractivity contribution in [1.29, 1.82) is 0 Å². The van der Waals surface area contributed by atoms with Gasteiger partial charge in [-0.25, -0.2) is 0 Å². The molecule has 0 aliphatic carbocycles. The number of ether oxygens (including phenoxy) is 1. The fourth-order valence-corrected chi connectivity index (χ4v) is 3.64. The molecule has 1 N–H and O–H groups in total. The predicted molar refractivity (Wildman–Crippen MR) is 112 cm³/mol. The molecular formula is C23H38N2O2. The number of morpholine rings is 1. The van der Waals surface area contributed by atoms with E-state index < -0.39 is 0 Å². The largest absolute Gasteiger partial charge is 0.366 e. The Morgan fingerprint density at radius 1 is 1.19 bits per heavy atom. The van der Waals surface area contributed by atoms with Crippen LogP contribution < -0.4 is 5.32 Å². The van der Waals surface area contributed by atoms with E-state index >= 15 is 0 Å². The molecule has 0 aromatic heterocycles. The molecule has 2 rings (SSSR count). The summed E-state index contributed by atoms with van der Waals surface area (Å²) in [4.78, 5) is 15.0. The van der Waals surface area contributed by atoms with Crippen molar-refractivity contribution in [2.45, 2.75) is 78.0 Å². The van der Waals surface area contributed by atoms with E-state index in [9.17, 15) is 4.79 Å². The highest BCUT2D eigenvalue weighted by molar-refractivity contribution is 5.81. The van der Waals surface area contributed by atoms with Crippen molar-refractivity contribution >= 4 is 5.91 Å². The Hall–Kier alpha value is -1.39. The molecule has 4 heteroatoms. The maximum atomic E-state index is 12.7. The quantitative estimate of drug-likeness (QED) is 0.584. The Bertz CT molecular complexity index is 532. The minimum atomic E-state index is -0.350. The smallest absolute Gasteiger partial charge is 0.250 e. The van der Waals surface area contributed by atoms with E-state index in [1.807, 2.05) is 6.07 Å². The lowest BCUT2D eigenvalue weighted by Gasteiger charge is -2.33. The molecular weight excluding hydrogens is 336 g/mol. The van der Waals surface area contributed by atoms with E-state index in [-0.39, 0.29) is 18.1 Å². The van der Waals surface area contributed by atoms with Crippen LogP contribution in [0.4, 0.5) is 0 Å². The first-order chi connectivity index (χ1) is 13.1. The first-order valence-electron chi connectivity index (χ1n) is 10.8. The molecule has 2 unspecified atom stereocenters. The van der Waals surface area contributed by atoms with Gasteiger partial charge in [-0.3, -0.25) is 9.69 Å². The third-order valence-electron chi connectivity index (χ3n) is 5.37. The average Bonchev–Trinajstić information content (AvgIpc) is 2.67. The summed E-state index contributed by atoms with van der Waals surface area (Å²) in [5.74, 6) is 0.843. The van der Waals surface area contributed by atoms with Gasteiger partial charge in [0.1, 0.15) is 6.10 Å². The van der Waals surface area contributed by atoms with Crippen LogP contribution in [0, 0.1) is 5.92 Å². The van der Waals surface area contributed by atoms with E-state index in [0.717, 1.165) is 31.8 Å². The number of rotatable bonds is 11. The lowest BCUT2D eigenvalue weighted by atomic mass is 10.0. The highest BCUT2D eigenvalue weighted by Gasteiger charge is 2.27.